The van der Waals surface area contributed by atoms with Crippen LogP contribution in [0.25, 0.3) is 11.0 Å². The fraction of sp³-hybridized carbons (Fsp3) is 0.467. The Morgan fingerprint density at radius 3 is 2.63 bits per heavy atom. The first-order valence-electron chi connectivity index (χ1n) is 6.66. The van der Waals surface area contributed by atoms with Crippen molar-refractivity contribution in [3.63, 3.8) is 0 Å². The van der Waals surface area contributed by atoms with Crippen LogP contribution in [0.3, 0.4) is 0 Å². The highest BCUT2D eigenvalue weighted by Crippen LogP contribution is 2.22. The van der Waals surface area contributed by atoms with Gasteiger partial charge >= 0.3 is 0 Å². The summed E-state index contributed by atoms with van der Waals surface area (Å²) < 4.78 is 5.60. The minimum atomic E-state index is 0. The molecule has 2 aromatic rings. The Hall–Kier alpha value is -1.03. The molecule has 2 atom stereocenters. The standard InChI is InChI=1S/C15H20N2O.ClH/c1-11-7-17(8-12(2)16-11)9-13-10-18-15-6-4-3-5-14(13)15;/h3-6,10-12,16H,7-9H2,1-2H3;1H. The predicted octanol–water partition coefficient (Wildman–Crippen LogP) is 3.04. The van der Waals surface area contributed by atoms with Gasteiger partial charge in [0, 0.05) is 42.7 Å². The van der Waals surface area contributed by atoms with Crippen molar-refractivity contribution in [2.24, 2.45) is 0 Å². The fourth-order valence-electron chi connectivity index (χ4n) is 2.97. The van der Waals surface area contributed by atoms with Crippen LogP contribution in [0.1, 0.15) is 19.4 Å². The van der Waals surface area contributed by atoms with Gasteiger partial charge in [-0.05, 0) is 19.9 Å². The fourth-order valence-corrected chi connectivity index (χ4v) is 2.97. The van der Waals surface area contributed by atoms with Crippen LogP contribution in [0.4, 0.5) is 0 Å². The Balaban J connectivity index is 0.00000133. The highest BCUT2D eigenvalue weighted by Gasteiger charge is 2.21. The van der Waals surface area contributed by atoms with Crippen LogP contribution in [-0.4, -0.2) is 30.1 Å². The van der Waals surface area contributed by atoms with Crippen molar-refractivity contribution in [3.05, 3.63) is 36.1 Å². The third kappa shape index (κ3) is 3.11. The van der Waals surface area contributed by atoms with Crippen molar-refractivity contribution in [3.8, 4) is 0 Å². The topological polar surface area (TPSA) is 28.4 Å². The number of rotatable bonds is 2. The molecular weight excluding hydrogens is 260 g/mol. The maximum Gasteiger partial charge on any atom is 0.134 e. The van der Waals surface area contributed by atoms with E-state index in [0.29, 0.717) is 12.1 Å². The molecule has 1 aromatic carbocycles. The van der Waals surface area contributed by atoms with Crippen molar-refractivity contribution in [1.29, 1.82) is 0 Å². The first-order valence-corrected chi connectivity index (χ1v) is 6.66. The molecule has 2 unspecified atom stereocenters. The summed E-state index contributed by atoms with van der Waals surface area (Å²) in [6.07, 6.45) is 1.90. The molecule has 0 radical (unpaired) electrons. The quantitative estimate of drug-likeness (QED) is 0.917. The molecule has 3 rings (SSSR count). The number of nitrogens with one attached hydrogen (secondary N) is 1. The van der Waals surface area contributed by atoms with Gasteiger partial charge in [-0.3, -0.25) is 4.90 Å². The van der Waals surface area contributed by atoms with Crippen LogP contribution in [0.2, 0.25) is 0 Å². The Kier molecular flexibility index (Phi) is 4.50. The zero-order chi connectivity index (χ0) is 12.5. The maximum absolute atomic E-state index is 5.60. The maximum atomic E-state index is 5.60. The lowest BCUT2D eigenvalue weighted by Gasteiger charge is -2.35. The number of para-hydroxylation sites is 1. The van der Waals surface area contributed by atoms with Gasteiger partial charge in [-0.15, -0.1) is 12.4 Å². The third-order valence-electron chi connectivity index (χ3n) is 3.59. The average Bonchev–Trinajstić information content (AvgIpc) is 2.72. The van der Waals surface area contributed by atoms with Crippen LogP contribution in [0, 0.1) is 0 Å². The van der Waals surface area contributed by atoms with E-state index in [4.69, 9.17) is 4.42 Å². The Labute approximate surface area is 120 Å². The number of fused-ring (bicyclic) bond motifs is 1. The molecule has 0 amide bonds. The Bertz CT molecular complexity index is 530. The number of halogens is 1. The molecule has 1 aromatic heterocycles. The molecule has 3 nitrogen and oxygen atoms in total. The molecular formula is C15H21ClN2O. The zero-order valence-corrected chi connectivity index (χ0v) is 12.2. The first-order chi connectivity index (χ1) is 8.72. The predicted molar refractivity (Wildman–Crippen MR) is 80.8 cm³/mol. The largest absolute Gasteiger partial charge is 0.464 e. The van der Waals surface area contributed by atoms with Gasteiger partial charge in [-0.2, -0.15) is 0 Å². The van der Waals surface area contributed by atoms with Crippen LogP contribution in [-0.2, 0) is 6.54 Å². The van der Waals surface area contributed by atoms with Crippen molar-refractivity contribution in [2.45, 2.75) is 32.5 Å². The lowest BCUT2D eigenvalue weighted by atomic mass is 10.1. The number of benzene rings is 1. The van der Waals surface area contributed by atoms with E-state index in [9.17, 15) is 0 Å². The van der Waals surface area contributed by atoms with Gasteiger partial charge in [0.1, 0.15) is 5.58 Å². The molecule has 104 valence electrons. The van der Waals surface area contributed by atoms with E-state index in [1.807, 2.05) is 18.4 Å². The van der Waals surface area contributed by atoms with Gasteiger partial charge in [0.05, 0.1) is 6.26 Å². The summed E-state index contributed by atoms with van der Waals surface area (Å²) >= 11 is 0. The summed E-state index contributed by atoms with van der Waals surface area (Å²) in [7, 11) is 0. The van der Waals surface area contributed by atoms with E-state index in [2.05, 4.69) is 36.2 Å². The van der Waals surface area contributed by atoms with Gasteiger partial charge in [0.25, 0.3) is 0 Å². The van der Waals surface area contributed by atoms with Gasteiger partial charge in [-0.25, -0.2) is 0 Å². The molecule has 1 fully saturated rings. The molecule has 0 bridgehead atoms. The first kappa shape index (κ1) is 14.4. The molecule has 4 heteroatoms. The second-order valence-electron chi connectivity index (χ2n) is 5.42. The van der Waals surface area contributed by atoms with E-state index in [0.717, 1.165) is 25.2 Å². The number of furan rings is 1. The molecule has 0 aliphatic carbocycles. The van der Waals surface area contributed by atoms with Crippen molar-refractivity contribution in [2.75, 3.05) is 13.1 Å². The molecule has 2 heterocycles. The lowest BCUT2D eigenvalue weighted by molar-refractivity contribution is 0.167. The second kappa shape index (κ2) is 5.95. The van der Waals surface area contributed by atoms with Crippen LogP contribution >= 0.6 is 12.4 Å². The molecule has 1 saturated heterocycles. The van der Waals surface area contributed by atoms with E-state index in [1.165, 1.54) is 10.9 Å². The minimum Gasteiger partial charge on any atom is -0.464 e. The van der Waals surface area contributed by atoms with Gasteiger partial charge in [-0.1, -0.05) is 18.2 Å². The molecule has 1 aliphatic heterocycles. The van der Waals surface area contributed by atoms with Gasteiger partial charge in [0.15, 0.2) is 0 Å². The number of piperazine rings is 1. The van der Waals surface area contributed by atoms with E-state index >= 15 is 0 Å². The van der Waals surface area contributed by atoms with Crippen molar-refractivity contribution in [1.82, 2.24) is 10.2 Å². The smallest absolute Gasteiger partial charge is 0.134 e. The summed E-state index contributed by atoms with van der Waals surface area (Å²) in [5, 5.41) is 4.81. The highest BCUT2D eigenvalue weighted by atomic mass is 35.5. The SMILES string of the molecule is CC1CN(Cc2coc3ccccc23)CC(C)N1.Cl. The normalized spacial score (nSPS) is 24.3. The van der Waals surface area contributed by atoms with E-state index in [1.54, 1.807) is 0 Å². The van der Waals surface area contributed by atoms with E-state index in [-0.39, 0.29) is 12.4 Å². The molecule has 19 heavy (non-hydrogen) atoms. The lowest BCUT2D eigenvalue weighted by Crippen LogP contribution is -2.53. The molecule has 0 spiro atoms. The number of hydrogen-bond donors (Lipinski definition) is 1. The van der Waals surface area contributed by atoms with E-state index < -0.39 is 0 Å². The van der Waals surface area contributed by atoms with Gasteiger partial charge in [0.2, 0.25) is 0 Å². The average molecular weight is 281 g/mol. The number of nitrogens with zero attached hydrogens (tertiary/aromatic N) is 1. The summed E-state index contributed by atoms with van der Waals surface area (Å²) in [5.74, 6) is 0. The summed E-state index contributed by atoms with van der Waals surface area (Å²) in [4.78, 5) is 2.50. The van der Waals surface area contributed by atoms with Gasteiger partial charge < -0.3 is 9.73 Å². The Morgan fingerprint density at radius 1 is 1.21 bits per heavy atom. The van der Waals surface area contributed by atoms with Crippen LogP contribution < -0.4 is 5.32 Å². The monoisotopic (exact) mass is 280 g/mol. The number of hydrogen-bond acceptors (Lipinski definition) is 3. The molecule has 0 saturated carbocycles. The minimum absolute atomic E-state index is 0. The third-order valence-corrected chi connectivity index (χ3v) is 3.59. The highest BCUT2D eigenvalue weighted by molar-refractivity contribution is 5.85. The second-order valence-corrected chi connectivity index (χ2v) is 5.42. The summed E-state index contributed by atoms with van der Waals surface area (Å²) in [5.41, 5.74) is 2.29. The summed E-state index contributed by atoms with van der Waals surface area (Å²) in [6.45, 7) is 7.67. The Morgan fingerprint density at radius 2 is 1.89 bits per heavy atom. The summed E-state index contributed by atoms with van der Waals surface area (Å²) in [6, 6.07) is 9.39. The molecule has 1 N–H and O–H groups in total. The zero-order valence-electron chi connectivity index (χ0n) is 11.4. The van der Waals surface area contributed by atoms with Crippen molar-refractivity contribution >= 4 is 23.4 Å². The van der Waals surface area contributed by atoms with Crippen molar-refractivity contribution < 1.29 is 4.42 Å². The molecule has 1 aliphatic rings. The van der Waals surface area contributed by atoms with Crippen LogP contribution in [0.5, 0.6) is 0 Å². The van der Waals surface area contributed by atoms with Crippen LogP contribution in [0.15, 0.2) is 34.9 Å².